The van der Waals surface area contributed by atoms with Crippen LogP contribution in [-0.4, -0.2) is 75.8 Å². The summed E-state index contributed by atoms with van der Waals surface area (Å²) < 4.78 is 0. The van der Waals surface area contributed by atoms with E-state index in [0.29, 0.717) is 0 Å². The largest absolute Gasteiger partial charge is 0.396 e. The van der Waals surface area contributed by atoms with Gasteiger partial charge < -0.3 is 36.4 Å². The average Bonchev–Trinajstić information content (AvgIpc) is 2.37. The highest BCUT2D eigenvalue weighted by atomic mass is 16.3. The molecular formula is C9H23NO6. The Bertz CT molecular complexity index is 124. The van der Waals surface area contributed by atoms with Crippen LogP contribution in [0.5, 0.6) is 0 Å². The van der Waals surface area contributed by atoms with Gasteiger partial charge in [-0.15, -0.1) is 0 Å². The number of hydrogen-bond donors (Lipinski definition) is 7. The van der Waals surface area contributed by atoms with Gasteiger partial charge in [-0.2, -0.15) is 0 Å². The lowest BCUT2D eigenvalue weighted by Crippen LogP contribution is -2.50. The van der Waals surface area contributed by atoms with E-state index in [-0.39, 0.29) is 19.8 Å². The first-order chi connectivity index (χ1) is 7.36. The van der Waals surface area contributed by atoms with Crippen molar-refractivity contribution in [2.75, 3.05) is 39.6 Å². The van der Waals surface area contributed by atoms with Crippen LogP contribution in [0.4, 0.5) is 0 Å². The molecule has 0 aliphatic heterocycles. The molecule has 0 aromatic carbocycles. The predicted molar refractivity (Wildman–Crippen MR) is 57.5 cm³/mol. The Kier molecular flexibility index (Phi) is 9.98. The highest BCUT2D eigenvalue weighted by Crippen LogP contribution is 2.10. The fourth-order valence-electron chi connectivity index (χ4n) is 0.300. The Morgan fingerprint density at radius 3 is 0.938 bits per heavy atom. The molecule has 0 unspecified atom stereocenters. The Balaban J connectivity index is 0. The van der Waals surface area contributed by atoms with Crippen LogP contribution in [0.25, 0.3) is 0 Å². The number of rotatable bonds is 6. The van der Waals surface area contributed by atoms with Gasteiger partial charge in [-0.05, 0) is 0 Å². The molecule has 0 heterocycles. The van der Waals surface area contributed by atoms with Gasteiger partial charge in [0.15, 0.2) is 0 Å². The first kappa shape index (κ1) is 18.1. The molecule has 7 nitrogen and oxygen atoms in total. The molecule has 0 aliphatic rings. The fourth-order valence-corrected chi connectivity index (χ4v) is 0.300. The van der Waals surface area contributed by atoms with Gasteiger partial charge in [-0.1, -0.05) is 6.92 Å². The zero-order chi connectivity index (χ0) is 13.2. The minimum absolute atomic E-state index is 0.181. The lowest BCUT2D eigenvalue weighted by molar-refractivity contribution is 0.0200. The highest BCUT2D eigenvalue weighted by molar-refractivity contribution is 4.80. The summed E-state index contributed by atoms with van der Waals surface area (Å²) in [5.41, 5.74) is 3.23. The molecule has 0 radical (unpaired) electrons. The maximum Gasteiger partial charge on any atom is 0.0856 e. The van der Waals surface area contributed by atoms with Crippen LogP contribution in [0.15, 0.2) is 0 Å². The molecule has 0 saturated heterocycles. The molecule has 0 atom stereocenters. The molecule has 0 aromatic rings. The number of aliphatic hydroxyl groups is 6. The summed E-state index contributed by atoms with van der Waals surface area (Å²) in [7, 11) is 0. The van der Waals surface area contributed by atoms with E-state index in [1.165, 1.54) is 0 Å². The first-order valence-electron chi connectivity index (χ1n) is 4.81. The second-order valence-corrected chi connectivity index (χ2v) is 4.12. The van der Waals surface area contributed by atoms with Crippen molar-refractivity contribution in [3.05, 3.63) is 0 Å². The number of nitrogens with two attached hydrogens (primary N) is 1. The SMILES string of the molecule is CC(CO)(CO)CO.NC(CO)(CO)CO. The first-order valence-corrected chi connectivity index (χ1v) is 4.81. The molecule has 100 valence electrons. The predicted octanol–water partition coefficient (Wildman–Crippen LogP) is -3.37. The summed E-state index contributed by atoms with van der Waals surface area (Å²) >= 11 is 0. The summed E-state index contributed by atoms with van der Waals surface area (Å²) in [5, 5.41) is 50.4. The van der Waals surface area contributed by atoms with E-state index in [1.54, 1.807) is 6.92 Å². The van der Waals surface area contributed by atoms with Crippen LogP contribution >= 0.6 is 0 Å². The van der Waals surface area contributed by atoms with Crippen molar-refractivity contribution in [2.45, 2.75) is 12.5 Å². The quantitative estimate of drug-likeness (QED) is 0.257. The number of hydrogen-bond acceptors (Lipinski definition) is 7. The minimum atomic E-state index is -1.21. The molecule has 0 bridgehead atoms. The third-order valence-electron chi connectivity index (χ3n) is 2.09. The molecule has 16 heavy (non-hydrogen) atoms. The van der Waals surface area contributed by atoms with Gasteiger partial charge in [0.05, 0.1) is 45.2 Å². The molecule has 7 heteroatoms. The summed E-state index contributed by atoms with van der Waals surface area (Å²) in [6, 6.07) is 0. The third kappa shape index (κ3) is 7.07. The zero-order valence-electron chi connectivity index (χ0n) is 9.50. The van der Waals surface area contributed by atoms with E-state index < -0.39 is 30.8 Å². The summed E-state index contributed by atoms with van der Waals surface area (Å²) in [5.74, 6) is 0. The molecule has 0 spiro atoms. The van der Waals surface area contributed by atoms with Gasteiger partial charge in [0.1, 0.15) is 0 Å². The standard InChI is InChI=1S/C5H12O3.C4H11NO3/c1-5(2-6,3-7)4-8;5-4(1-6,2-7)3-8/h6-8H,2-4H2,1H3;6-8H,1-3,5H2. The maximum atomic E-state index is 8.47. The molecule has 0 saturated carbocycles. The van der Waals surface area contributed by atoms with Crippen molar-refractivity contribution in [2.24, 2.45) is 11.1 Å². The Morgan fingerprint density at radius 2 is 0.938 bits per heavy atom. The van der Waals surface area contributed by atoms with Crippen LogP contribution in [0.2, 0.25) is 0 Å². The summed E-state index contributed by atoms with van der Waals surface area (Å²) in [4.78, 5) is 0. The highest BCUT2D eigenvalue weighted by Gasteiger charge is 2.21. The van der Waals surface area contributed by atoms with E-state index in [9.17, 15) is 0 Å². The van der Waals surface area contributed by atoms with E-state index in [4.69, 9.17) is 36.4 Å². The Morgan fingerprint density at radius 1 is 0.688 bits per heavy atom. The second-order valence-electron chi connectivity index (χ2n) is 4.12. The third-order valence-corrected chi connectivity index (χ3v) is 2.09. The smallest absolute Gasteiger partial charge is 0.0856 e. The summed E-state index contributed by atoms with van der Waals surface area (Å²) in [6.45, 7) is -0.146. The lowest BCUT2D eigenvalue weighted by Gasteiger charge is -2.20. The van der Waals surface area contributed by atoms with E-state index >= 15 is 0 Å². The van der Waals surface area contributed by atoms with Gasteiger partial charge in [0.25, 0.3) is 0 Å². The monoisotopic (exact) mass is 241 g/mol. The van der Waals surface area contributed by atoms with Crippen LogP contribution in [0.1, 0.15) is 6.92 Å². The lowest BCUT2D eigenvalue weighted by atomic mass is 9.95. The van der Waals surface area contributed by atoms with Crippen LogP contribution in [0, 0.1) is 5.41 Å². The van der Waals surface area contributed by atoms with E-state index in [0.717, 1.165) is 0 Å². The van der Waals surface area contributed by atoms with Crippen molar-refractivity contribution in [3.8, 4) is 0 Å². The molecule has 8 N–H and O–H groups in total. The van der Waals surface area contributed by atoms with Crippen molar-refractivity contribution >= 4 is 0 Å². The molecule has 0 aliphatic carbocycles. The topological polar surface area (TPSA) is 147 Å². The van der Waals surface area contributed by atoms with Crippen LogP contribution < -0.4 is 5.73 Å². The zero-order valence-corrected chi connectivity index (χ0v) is 9.50. The van der Waals surface area contributed by atoms with Crippen molar-refractivity contribution < 1.29 is 30.6 Å². The van der Waals surface area contributed by atoms with Crippen molar-refractivity contribution in [1.82, 2.24) is 0 Å². The van der Waals surface area contributed by atoms with Crippen LogP contribution in [0.3, 0.4) is 0 Å². The fraction of sp³-hybridized carbons (Fsp3) is 1.00. The van der Waals surface area contributed by atoms with Gasteiger partial charge in [0, 0.05) is 5.41 Å². The molecule has 0 rings (SSSR count). The molecule has 0 amide bonds. The average molecular weight is 241 g/mol. The molecule has 0 aromatic heterocycles. The number of aliphatic hydroxyl groups excluding tert-OH is 6. The van der Waals surface area contributed by atoms with E-state index in [1.807, 2.05) is 0 Å². The molecular weight excluding hydrogens is 218 g/mol. The van der Waals surface area contributed by atoms with Crippen molar-refractivity contribution in [1.29, 1.82) is 0 Å². The van der Waals surface area contributed by atoms with Gasteiger partial charge in [-0.25, -0.2) is 0 Å². The Hall–Kier alpha value is -0.280. The second kappa shape index (κ2) is 8.82. The minimum Gasteiger partial charge on any atom is -0.396 e. The van der Waals surface area contributed by atoms with Crippen molar-refractivity contribution in [3.63, 3.8) is 0 Å². The normalized spacial score (nSPS) is 12.0. The van der Waals surface area contributed by atoms with Gasteiger partial charge in [-0.3, -0.25) is 0 Å². The van der Waals surface area contributed by atoms with Gasteiger partial charge >= 0.3 is 0 Å². The summed E-state index contributed by atoms with van der Waals surface area (Å²) in [6.07, 6.45) is 0. The Labute approximate surface area is 94.8 Å². The molecule has 0 fully saturated rings. The van der Waals surface area contributed by atoms with E-state index in [2.05, 4.69) is 0 Å². The maximum absolute atomic E-state index is 8.47. The van der Waals surface area contributed by atoms with Gasteiger partial charge in [0.2, 0.25) is 0 Å². The van der Waals surface area contributed by atoms with Crippen LogP contribution in [-0.2, 0) is 0 Å².